The lowest BCUT2D eigenvalue weighted by Gasteiger charge is -2.18. The summed E-state index contributed by atoms with van der Waals surface area (Å²) in [5.41, 5.74) is 0. The predicted octanol–water partition coefficient (Wildman–Crippen LogP) is 11.2. The van der Waals surface area contributed by atoms with Crippen LogP contribution in [0.3, 0.4) is 0 Å². The summed E-state index contributed by atoms with van der Waals surface area (Å²) in [6.45, 7) is 3.32. The summed E-state index contributed by atoms with van der Waals surface area (Å²) in [6, 6.07) is 0. The topological polar surface area (TPSA) is 119 Å². The normalized spacial score (nSPS) is 13.7. The van der Waals surface area contributed by atoms with E-state index in [4.69, 9.17) is 19.3 Å². The van der Waals surface area contributed by atoms with Crippen LogP contribution in [-0.4, -0.2) is 41.0 Å². The molecule has 0 radical (unpaired) electrons. The number of hydrogen-bond acceptors (Lipinski definition) is 6. The Morgan fingerprint density at radius 1 is 0.529 bits per heavy atom. The zero-order valence-electron chi connectivity index (χ0n) is 31.2. The average molecular weight is 729 g/mol. The van der Waals surface area contributed by atoms with E-state index < -0.39 is 32.5 Å². The number of esters is 2. The van der Waals surface area contributed by atoms with Crippen LogP contribution in [0.1, 0.15) is 123 Å². The van der Waals surface area contributed by atoms with Crippen LogP contribution in [0.4, 0.5) is 0 Å². The van der Waals surface area contributed by atoms with Gasteiger partial charge in [0.25, 0.3) is 0 Å². The van der Waals surface area contributed by atoms with Crippen molar-refractivity contribution in [2.75, 3.05) is 13.2 Å². The number of allylic oxidation sites excluding steroid dienone is 18. The van der Waals surface area contributed by atoms with Crippen molar-refractivity contribution in [3.63, 3.8) is 0 Å². The van der Waals surface area contributed by atoms with Gasteiger partial charge in [-0.15, -0.1) is 0 Å². The van der Waals surface area contributed by atoms with E-state index in [2.05, 4.69) is 73.1 Å². The highest BCUT2D eigenvalue weighted by Crippen LogP contribution is 2.35. The largest absolute Gasteiger partial charge is 0.469 e. The molecule has 0 aromatic heterocycles. The van der Waals surface area contributed by atoms with Crippen LogP contribution in [0.15, 0.2) is 109 Å². The lowest BCUT2D eigenvalue weighted by molar-refractivity contribution is -0.161. The molecular weight excluding hydrogens is 663 g/mol. The molecule has 0 bridgehead atoms. The van der Waals surface area contributed by atoms with Crippen molar-refractivity contribution in [2.45, 2.75) is 129 Å². The molecule has 1 atom stereocenters. The van der Waals surface area contributed by atoms with Crippen molar-refractivity contribution in [3.05, 3.63) is 109 Å². The fourth-order valence-electron chi connectivity index (χ4n) is 4.45. The molecule has 8 nitrogen and oxygen atoms in total. The Hall–Kier alpha value is -3.29. The maximum atomic E-state index is 12.3. The molecule has 0 aromatic carbocycles. The van der Waals surface area contributed by atoms with Gasteiger partial charge in [-0.2, -0.15) is 0 Å². The van der Waals surface area contributed by atoms with Gasteiger partial charge in [0.2, 0.25) is 0 Å². The molecule has 9 heteroatoms. The summed E-state index contributed by atoms with van der Waals surface area (Å²) in [4.78, 5) is 42.7. The molecule has 0 heterocycles. The van der Waals surface area contributed by atoms with E-state index in [1.54, 1.807) is 0 Å². The Morgan fingerprint density at radius 2 is 1.00 bits per heavy atom. The second kappa shape index (κ2) is 36.5. The SMILES string of the molecule is CC/C=C/C=C/C=C/C=C/C=C/CCCC(=O)OC(COC(=O)CCCCCCCCC/C=C/C/C=C/C/C=C/C/C=C/CC)COP(=O)(O)O. The highest BCUT2D eigenvalue weighted by molar-refractivity contribution is 7.46. The average Bonchev–Trinajstić information content (AvgIpc) is 3.10. The van der Waals surface area contributed by atoms with Gasteiger partial charge >= 0.3 is 19.8 Å². The summed E-state index contributed by atoms with van der Waals surface area (Å²) in [5, 5.41) is 0. The number of rotatable bonds is 32. The van der Waals surface area contributed by atoms with Crippen molar-refractivity contribution in [3.8, 4) is 0 Å². The van der Waals surface area contributed by atoms with Crippen LogP contribution in [0.25, 0.3) is 0 Å². The molecule has 0 fully saturated rings. The molecular formula is C42H65O8P. The van der Waals surface area contributed by atoms with Gasteiger partial charge in [0.05, 0.1) is 6.61 Å². The van der Waals surface area contributed by atoms with Gasteiger partial charge in [0.15, 0.2) is 6.10 Å². The number of carbonyl (C=O) groups excluding carboxylic acids is 2. The van der Waals surface area contributed by atoms with Gasteiger partial charge in [-0.1, -0.05) is 155 Å². The predicted molar refractivity (Wildman–Crippen MR) is 211 cm³/mol. The molecule has 0 amide bonds. The van der Waals surface area contributed by atoms with E-state index in [-0.39, 0.29) is 19.4 Å². The van der Waals surface area contributed by atoms with Gasteiger partial charge in [-0.3, -0.25) is 14.1 Å². The van der Waals surface area contributed by atoms with Crippen molar-refractivity contribution in [2.24, 2.45) is 0 Å². The Morgan fingerprint density at radius 3 is 1.59 bits per heavy atom. The van der Waals surface area contributed by atoms with Crippen LogP contribution < -0.4 is 0 Å². The molecule has 286 valence electrons. The summed E-state index contributed by atoms with van der Waals surface area (Å²) in [6.07, 6.45) is 51.1. The number of phosphoric acid groups is 1. The van der Waals surface area contributed by atoms with Gasteiger partial charge in [0.1, 0.15) is 6.61 Å². The standard InChI is InChI=1S/C42H65O8P/c1-3-5-7-9-11-13-15-17-18-19-20-21-22-23-25-26-28-30-32-34-36-41(43)48-38-40(39-49-51(45,46)47)50-42(44)37-35-33-31-29-27-24-16-14-12-10-8-6-4-2/h5-8,10-14,16-18,20-21,24,27,29,31,40H,3-4,9,15,19,22-23,25-26,28,30,32-39H2,1-2H3,(H2,45,46,47)/b7-5+,8-6+,12-10+,13-11+,16-14+,18-17+,21-20+,27-24+,31-29+. The molecule has 0 aliphatic carbocycles. The maximum absolute atomic E-state index is 12.3. The Balaban J connectivity index is 4.09. The molecule has 0 aliphatic rings. The first-order valence-corrected chi connectivity index (χ1v) is 20.3. The summed E-state index contributed by atoms with van der Waals surface area (Å²) < 4.78 is 26.2. The minimum atomic E-state index is -4.78. The number of carbonyl (C=O) groups is 2. The third-order valence-corrected chi connectivity index (χ3v) is 7.65. The highest BCUT2D eigenvalue weighted by Gasteiger charge is 2.22. The fourth-order valence-corrected chi connectivity index (χ4v) is 4.81. The molecule has 1 unspecified atom stereocenters. The molecule has 0 saturated carbocycles. The van der Waals surface area contributed by atoms with Crippen LogP contribution in [0.2, 0.25) is 0 Å². The van der Waals surface area contributed by atoms with Crippen LogP contribution in [0.5, 0.6) is 0 Å². The lowest BCUT2D eigenvalue weighted by atomic mass is 10.1. The monoisotopic (exact) mass is 728 g/mol. The van der Waals surface area contributed by atoms with Gasteiger partial charge in [0, 0.05) is 12.8 Å². The maximum Gasteiger partial charge on any atom is 0.469 e. The summed E-state index contributed by atoms with van der Waals surface area (Å²) in [5.74, 6) is -0.998. The second-order valence-electron chi connectivity index (χ2n) is 11.9. The Labute approximate surface area is 308 Å². The molecule has 0 aliphatic heterocycles. The number of ether oxygens (including phenoxy) is 2. The third kappa shape index (κ3) is 39.4. The van der Waals surface area contributed by atoms with Gasteiger partial charge < -0.3 is 19.3 Å². The van der Waals surface area contributed by atoms with Crippen molar-refractivity contribution in [1.29, 1.82) is 0 Å². The minimum Gasteiger partial charge on any atom is -0.462 e. The van der Waals surface area contributed by atoms with Crippen LogP contribution in [0, 0.1) is 0 Å². The van der Waals surface area contributed by atoms with Gasteiger partial charge in [-0.05, 0) is 64.2 Å². The number of phosphoric ester groups is 1. The zero-order valence-corrected chi connectivity index (χ0v) is 32.1. The molecule has 2 N–H and O–H groups in total. The first-order chi connectivity index (χ1) is 24.8. The molecule has 0 rings (SSSR count). The highest BCUT2D eigenvalue weighted by atomic mass is 31.2. The van der Waals surface area contributed by atoms with Crippen molar-refractivity contribution in [1.82, 2.24) is 0 Å². The number of unbranched alkanes of at least 4 members (excludes halogenated alkanes) is 8. The molecule has 0 spiro atoms. The van der Waals surface area contributed by atoms with E-state index in [0.717, 1.165) is 57.8 Å². The minimum absolute atomic E-state index is 0.106. The summed E-state index contributed by atoms with van der Waals surface area (Å²) >= 11 is 0. The third-order valence-electron chi connectivity index (χ3n) is 7.16. The molecule has 0 aromatic rings. The quantitative estimate of drug-likeness (QED) is 0.0231. The van der Waals surface area contributed by atoms with Gasteiger partial charge in [-0.25, -0.2) is 4.57 Å². The smallest absolute Gasteiger partial charge is 0.462 e. The zero-order chi connectivity index (χ0) is 37.5. The van der Waals surface area contributed by atoms with E-state index in [9.17, 15) is 14.2 Å². The Bertz CT molecular complexity index is 1180. The molecule has 0 saturated heterocycles. The summed E-state index contributed by atoms with van der Waals surface area (Å²) in [7, 11) is -4.78. The van der Waals surface area contributed by atoms with Crippen LogP contribution in [-0.2, 0) is 28.2 Å². The van der Waals surface area contributed by atoms with E-state index in [1.807, 2.05) is 54.7 Å². The van der Waals surface area contributed by atoms with Crippen LogP contribution >= 0.6 is 7.82 Å². The fraction of sp³-hybridized carbons (Fsp3) is 0.524. The Kier molecular flexibility index (Phi) is 34.1. The van der Waals surface area contributed by atoms with E-state index >= 15 is 0 Å². The van der Waals surface area contributed by atoms with Crippen molar-refractivity contribution >= 4 is 19.8 Å². The van der Waals surface area contributed by atoms with E-state index in [0.29, 0.717) is 19.3 Å². The first kappa shape index (κ1) is 47.7. The van der Waals surface area contributed by atoms with E-state index in [1.165, 1.54) is 19.3 Å². The second-order valence-corrected chi connectivity index (χ2v) is 13.1. The molecule has 51 heavy (non-hydrogen) atoms. The lowest BCUT2D eigenvalue weighted by Crippen LogP contribution is -2.29. The van der Waals surface area contributed by atoms with Crippen molar-refractivity contribution < 1.29 is 37.9 Å². The first-order valence-electron chi connectivity index (χ1n) is 18.7. The number of hydrogen-bond donors (Lipinski definition) is 2.